The monoisotopic (exact) mass is 424 g/mol. The molecule has 0 saturated heterocycles. The Morgan fingerprint density at radius 1 is 0.759 bits per heavy atom. The number of nitrogens with two attached hydrogens (primary N) is 1. The molecule has 1 aromatic rings. The number of amides is 1. The third-order valence-corrected chi connectivity index (χ3v) is 6.15. The van der Waals surface area contributed by atoms with E-state index in [0.717, 1.165) is 12.8 Å². The van der Waals surface area contributed by atoms with E-state index in [9.17, 15) is 13.2 Å². The summed E-state index contributed by atoms with van der Waals surface area (Å²) in [5.74, 6) is -0.0349. The number of carbonyl (C=O) groups excluding carboxylic acids is 1. The number of hydrogen-bond donors (Lipinski definition) is 2. The number of carbonyl (C=O) groups is 1. The first-order valence-electron chi connectivity index (χ1n) is 11.4. The smallest absolute Gasteiger partial charge is 0.238 e. The minimum atomic E-state index is -3.70. The van der Waals surface area contributed by atoms with Crippen molar-refractivity contribution in [2.75, 3.05) is 5.32 Å². The molecule has 0 radical (unpaired) electrons. The van der Waals surface area contributed by atoms with Crippen molar-refractivity contribution in [2.45, 2.75) is 108 Å². The van der Waals surface area contributed by atoms with Gasteiger partial charge in [0, 0.05) is 12.1 Å². The van der Waals surface area contributed by atoms with Crippen LogP contribution in [0, 0.1) is 0 Å². The van der Waals surface area contributed by atoms with E-state index in [1.165, 1.54) is 89.2 Å². The summed E-state index contributed by atoms with van der Waals surface area (Å²) in [5, 5.41) is 7.85. The van der Waals surface area contributed by atoms with Crippen LogP contribution in [-0.4, -0.2) is 14.3 Å². The predicted molar refractivity (Wildman–Crippen MR) is 121 cm³/mol. The zero-order chi connectivity index (χ0) is 21.4. The van der Waals surface area contributed by atoms with Gasteiger partial charge in [-0.3, -0.25) is 4.79 Å². The lowest BCUT2D eigenvalue weighted by Crippen LogP contribution is -2.13. The van der Waals surface area contributed by atoms with Crippen LogP contribution in [0.1, 0.15) is 103 Å². The maximum Gasteiger partial charge on any atom is 0.238 e. The van der Waals surface area contributed by atoms with Crippen LogP contribution in [0.2, 0.25) is 0 Å². The topological polar surface area (TPSA) is 89.3 Å². The lowest BCUT2D eigenvalue weighted by molar-refractivity contribution is -0.116. The molecule has 0 fully saturated rings. The van der Waals surface area contributed by atoms with Crippen LogP contribution in [0.15, 0.2) is 29.2 Å². The van der Waals surface area contributed by atoms with E-state index in [2.05, 4.69) is 12.2 Å². The lowest BCUT2D eigenvalue weighted by atomic mass is 10.0. The van der Waals surface area contributed by atoms with E-state index in [4.69, 9.17) is 5.14 Å². The van der Waals surface area contributed by atoms with Gasteiger partial charge < -0.3 is 5.32 Å². The standard InChI is InChI=1S/C23H40N2O3S/c1-2-3-4-5-6-7-8-9-10-11-12-13-14-15-16-23(26)25-21-17-19-22(20-18-21)29(24,27)28/h17-20H,2-16H2,1H3,(H,25,26)(H2,24,27,28). The molecule has 0 aliphatic heterocycles. The molecule has 1 aromatic carbocycles. The van der Waals surface area contributed by atoms with Gasteiger partial charge in [0.05, 0.1) is 4.90 Å². The average molecular weight is 425 g/mol. The fourth-order valence-electron chi connectivity index (χ4n) is 3.43. The molecule has 29 heavy (non-hydrogen) atoms. The van der Waals surface area contributed by atoms with Crippen molar-refractivity contribution in [1.29, 1.82) is 0 Å². The number of primary sulfonamides is 1. The molecule has 166 valence electrons. The quantitative estimate of drug-likeness (QED) is 0.294. The van der Waals surface area contributed by atoms with E-state index in [-0.39, 0.29) is 10.8 Å². The summed E-state index contributed by atoms with van der Waals surface area (Å²) >= 11 is 0. The Balaban J connectivity index is 1.95. The fraction of sp³-hybridized carbons (Fsp3) is 0.696. The number of rotatable bonds is 17. The molecule has 0 spiro atoms. The predicted octanol–water partition coefficient (Wildman–Crippen LogP) is 6.14. The molecule has 0 aliphatic carbocycles. The largest absolute Gasteiger partial charge is 0.326 e. The van der Waals surface area contributed by atoms with Gasteiger partial charge in [-0.15, -0.1) is 0 Å². The number of anilines is 1. The molecule has 1 rings (SSSR count). The van der Waals surface area contributed by atoms with E-state index < -0.39 is 10.0 Å². The first kappa shape index (κ1) is 25.6. The van der Waals surface area contributed by atoms with Crippen molar-refractivity contribution >= 4 is 21.6 Å². The average Bonchev–Trinajstić information content (AvgIpc) is 2.68. The highest BCUT2D eigenvalue weighted by Crippen LogP contribution is 2.15. The maximum absolute atomic E-state index is 12.0. The number of nitrogens with one attached hydrogen (secondary N) is 1. The van der Waals surface area contributed by atoms with Gasteiger partial charge >= 0.3 is 0 Å². The molecule has 0 aliphatic rings. The van der Waals surface area contributed by atoms with Crippen LogP contribution < -0.4 is 10.5 Å². The summed E-state index contributed by atoms with van der Waals surface area (Å²) < 4.78 is 22.4. The Bertz CT molecular complexity index is 657. The summed E-state index contributed by atoms with van der Waals surface area (Å²) in [4.78, 5) is 12.0. The van der Waals surface area contributed by atoms with Crippen LogP contribution >= 0.6 is 0 Å². The molecule has 1 amide bonds. The normalized spacial score (nSPS) is 11.5. The van der Waals surface area contributed by atoms with E-state index >= 15 is 0 Å². The number of hydrogen-bond acceptors (Lipinski definition) is 3. The highest BCUT2D eigenvalue weighted by atomic mass is 32.2. The molecule has 0 bridgehead atoms. The van der Waals surface area contributed by atoms with Gasteiger partial charge in [-0.1, -0.05) is 90.4 Å². The summed E-state index contributed by atoms with van der Waals surface area (Å²) in [7, 11) is -3.70. The summed E-state index contributed by atoms with van der Waals surface area (Å²) in [6, 6.07) is 5.92. The van der Waals surface area contributed by atoms with Gasteiger partial charge in [0.15, 0.2) is 0 Å². The Kier molecular flexibility index (Phi) is 13.7. The van der Waals surface area contributed by atoms with E-state index in [0.29, 0.717) is 12.1 Å². The molecular formula is C23H40N2O3S. The van der Waals surface area contributed by atoms with Gasteiger partial charge in [-0.25, -0.2) is 13.6 Å². The molecule has 5 nitrogen and oxygen atoms in total. The van der Waals surface area contributed by atoms with Crippen LogP contribution in [-0.2, 0) is 14.8 Å². The van der Waals surface area contributed by atoms with E-state index in [1.807, 2.05) is 0 Å². The zero-order valence-corrected chi connectivity index (χ0v) is 18.9. The third-order valence-electron chi connectivity index (χ3n) is 5.22. The highest BCUT2D eigenvalue weighted by molar-refractivity contribution is 7.89. The minimum absolute atomic E-state index is 0.0349. The molecule has 6 heteroatoms. The van der Waals surface area contributed by atoms with Crippen molar-refractivity contribution in [3.05, 3.63) is 24.3 Å². The molecule has 0 atom stereocenters. The first-order valence-corrected chi connectivity index (χ1v) is 12.9. The first-order chi connectivity index (χ1) is 13.9. The summed E-state index contributed by atoms with van der Waals surface area (Å²) in [5.41, 5.74) is 0.591. The van der Waals surface area contributed by atoms with Gasteiger partial charge in [0.1, 0.15) is 0 Å². The van der Waals surface area contributed by atoms with Crippen molar-refractivity contribution in [3.8, 4) is 0 Å². The molecular weight excluding hydrogens is 384 g/mol. The molecule has 0 saturated carbocycles. The third kappa shape index (κ3) is 13.4. The van der Waals surface area contributed by atoms with Crippen molar-refractivity contribution in [1.82, 2.24) is 0 Å². The molecule has 0 aromatic heterocycles. The Morgan fingerprint density at radius 2 is 1.17 bits per heavy atom. The van der Waals surface area contributed by atoms with Gasteiger partial charge in [0.2, 0.25) is 15.9 Å². The summed E-state index contributed by atoms with van der Waals surface area (Å²) in [6.07, 6.45) is 18.6. The van der Waals surface area contributed by atoms with Gasteiger partial charge in [-0.05, 0) is 30.7 Å². The Morgan fingerprint density at radius 3 is 1.59 bits per heavy atom. The fourth-order valence-corrected chi connectivity index (χ4v) is 3.95. The molecule has 3 N–H and O–H groups in total. The van der Waals surface area contributed by atoms with Gasteiger partial charge in [-0.2, -0.15) is 0 Å². The summed E-state index contributed by atoms with van der Waals surface area (Å²) in [6.45, 7) is 2.26. The number of benzene rings is 1. The second-order valence-corrected chi connectivity index (χ2v) is 9.53. The number of unbranched alkanes of at least 4 members (excludes halogenated alkanes) is 13. The van der Waals surface area contributed by atoms with Crippen molar-refractivity contribution in [2.24, 2.45) is 5.14 Å². The second kappa shape index (κ2) is 15.4. The second-order valence-electron chi connectivity index (χ2n) is 7.96. The lowest BCUT2D eigenvalue weighted by Gasteiger charge is -2.06. The highest BCUT2D eigenvalue weighted by Gasteiger charge is 2.08. The van der Waals surface area contributed by atoms with Crippen molar-refractivity contribution in [3.63, 3.8) is 0 Å². The Labute approximate surface area is 177 Å². The van der Waals surface area contributed by atoms with Gasteiger partial charge in [0.25, 0.3) is 0 Å². The van der Waals surface area contributed by atoms with Crippen LogP contribution in [0.5, 0.6) is 0 Å². The van der Waals surface area contributed by atoms with Crippen molar-refractivity contribution < 1.29 is 13.2 Å². The van der Waals surface area contributed by atoms with Crippen LogP contribution in [0.25, 0.3) is 0 Å². The maximum atomic E-state index is 12.0. The SMILES string of the molecule is CCCCCCCCCCCCCCCCC(=O)Nc1ccc(S(N)(=O)=O)cc1. The zero-order valence-electron chi connectivity index (χ0n) is 18.1. The Hall–Kier alpha value is -1.40. The molecule has 0 unspecified atom stereocenters. The number of sulfonamides is 1. The van der Waals surface area contributed by atoms with E-state index in [1.54, 1.807) is 12.1 Å². The minimum Gasteiger partial charge on any atom is -0.326 e. The van der Waals surface area contributed by atoms with Crippen LogP contribution in [0.4, 0.5) is 5.69 Å². The van der Waals surface area contributed by atoms with Crippen LogP contribution in [0.3, 0.4) is 0 Å². The molecule has 0 heterocycles.